The van der Waals surface area contributed by atoms with Gasteiger partial charge in [-0.15, -0.1) is 0 Å². The lowest BCUT2D eigenvalue weighted by Gasteiger charge is -2.12. The van der Waals surface area contributed by atoms with Gasteiger partial charge in [0.2, 0.25) is 0 Å². The van der Waals surface area contributed by atoms with Crippen molar-refractivity contribution in [3.8, 4) is 0 Å². The zero-order chi connectivity index (χ0) is 10.3. The molecule has 1 saturated carbocycles. The van der Waals surface area contributed by atoms with Crippen molar-refractivity contribution < 1.29 is 0 Å². The van der Waals surface area contributed by atoms with Crippen LogP contribution in [-0.2, 0) is 12.8 Å². The summed E-state index contributed by atoms with van der Waals surface area (Å²) in [4.78, 5) is 0. The maximum Gasteiger partial charge on any atom is 0.0297 e. The zero-order valence-electron chi connectivity index (χ0n) is 9.21. The summed E-state index contributed by atoms with van der Waals surface area (Å²) in [7, 11) is 0. The van der Waals surface area contributed by atoms with Gasteiger partial charge in [0.1, 0.15) is 0 Å². The molecule has 80 valence electrons. The highest BCUT2D eigenvalue weighted by Crippen LogP contribution is 2.37. The van der Waals surface area contributed by atoms with E-state index in [4.69, 9.17) is 5.73 Å². The minimum Gasteiger partial charge on any atom is -0.324 e. The molecule has 1 unspecified atom stereocenters. The van der Waals surface area contributed by atoms with E-state index in [0.717, 1.165) is 5.92 Å². The van der Waals surface area contributed by atoms with Crippen molar-refractivity contribution in [2.45, 2.75) is 44.6 Å². The Hall–Kier alpha value is -0.820. The van der Waals surface area contributed by atoms with Crippen molar-refractivity contribution in [2.75, 3.05) is 0 Å². The topological polar surface area (TPSA) is 26.0 Å². The van der Waals surface area contributed by atoms with Crippen LogP contribution in [0.2, 0.25) is 0 Å². The molecule has 15 heavy (non-hydrogen) atoms. The normalized spacial score (nSPS) is 21.4. The zero-order valence-corrected chi connectivity index (χ0v) is 9.21. The van der Waals surface area contributed by atoms with Gasteiger partial charge in [-0.25, -0.2) is 0 Å². The first-order valence-corrected chi connectivity index (χ1v) is 6.20. The summed E-state index contributed by atoms with van der Waals surface area (Å²) < 4.78 is 0. The van der Waals surface area contributed by atoms with Gasteiger partial charge in [0, 0.05) is 6.04 Å². The van der Waals surface area contributed by atoms with Crippen LogP contribution < -0.4 is 5.73 Å². The largest absolute Gasteiger partial charge is 0.324 e. The molecular weight excluding hydrogens is 182 g/mol. The van der Waals surface area contributed by atoms with Gasteiger partial charge in [-0.1, -0.05) is 31.0 Å². The molecular formula is C14H19N. The molecule has 0 radical (unpaired) electrons. The number of benzene rings is 1. The maximum atomic E-state index is 6.23. The Morgan fingerprint density at radius 2 is 2.00 bits per heavy atom. The van der Waals surface area contributed by atoms with Crippen LogP contribution >= 0.6 is 0 Å². The third-order valence-electron chi connectivity index (χ3n) is 3.83. The Balaban J connectivity index is 1.78. The Labute approximate surface area is 91.7 Å². The van der Waals surface area contributed by atoms with Crippen LogP contribution in [0.1, 0.15) is 48.4 Å². The highest BCUT2D eigenvalue weighted by molar-refractivity contribution is 5.36. The second-order valence-corrected chi connectivity index (χ2v) is 5.17. The van der Waals surface area contributed by atoms with Gasteiger partial charge in [-0.05, 0) is 48.3 Å². The molecule has 0 bridgehead atoms. The summed E-state index contributed by atoms with van der Waals surface area (Å²) in [6.45, 7) is 0. The van der Waals surface area contributed by atoms with Crippen LogP contribution in [0.4, 0.5) is 0 Å². The molecule has 1 fully saturated rings. The molecule has 0 saturated heterocycles. The first kappa shape index (κ1) is 9.41. The van der Waals surface area contributed by atoms with Crippen molar-refractivity contribution >= 4 is 0 Å². The molecule has 1 aromatic carbocycles. The number of rotatable bonds is 3. The molecule has 1 atom stereocenters. The summed E-state index contributed by atoms with van der Waals surface area (Å²) in [5, 5.41) is 0. The standard InChI is InChI=1S/C14H19N/c15-14(8-10-4-5-10)13-7-6-11-2-1-3-12(11)9-13/h6-7,9-10,14H,1-5,8,15H2. The predicted octanol–water partition coefficient (Wildman–Crippen LogP) is 2.98. The molecule has 1 nitrogen and oxygen atoms in total. The van der Waals surface area contributed by atoms with Gasteiger partial charge in [0.05, 0.1) is 0 Å². The van der Waals surface area contributed by atoms with E-state index in [-0.39, 0.29) is 6.04 Å². The number of hydrogen-bond acceptors (Lipinski definition) is 1. The van der Waals surface area contributed by atoms with Crippen LogP contribution in [0.25, 0.3) is 0 Å². The molecule has 1 heteroatoms. The van der Waals surface area contributed by atoms with Gasteiger partial charge in [0.15, 0.2) is 0 Å². The fraction of sp³-hybridized carbons (Fsp3) is 0.571. The van der Waals surface area contributed by atoms with Gasteiger partial charge >= 0.3 is 0 Å². The van der Waals surface area contributed by atoms with E-state index in [1.54, 1.807) is 11.1 Å². The molecule has 0 aliphatic heterocycles. The van der Waals surface area contributed by atoms with Crippen LogP contribution in [0, 0.1) is 5.92 Å². The average molecular weight is 201 g/mol. The van der Waals surface area contributed by atoms with Gasteiger partial charge < -0.3 is 5.73 Å². The molecule has 0 heterocycles. The quantitative estimate of drug-likeness (QED) is 0.799. The van der Waals surface area contributed by atoms with Crippen LogP contribution in [0.3, 0.4) is 0 Å². The highest BCUT2D eigenvalue weighted by atomic mass is 14.6. The summed E-state index contributed by atoms with van der Waals surface area (Å²) in [5.74, 6) is 0.924. The summed E-state index contributed by atoms with van der Waals surface area (Å²) >= 11 is 0. The second-order valence-electron chi connectivity index (χ2n) is 5.17. The first-order chi connectivity index (χ1) is 7.33. The van der Waals surface area contributed by atoms with Crippen molar-refractivity contribution in [1.82, 2.24) is 0 Å². The second kappa shape index (κ2) is 3.64. The molecule has 0 amide bonds. The molecule has 3 rings (SSSR count). The minimum atomic E-state index is 0.281. The fourth-order valence-corrected chi connectivity index (χ4v) is 2.67. The smallest absolute Gasteiger partial charge is 0.0297 e. The van der Waals surface area contributed by atoms with E-state index in [0.29, 0.717) is 0 Å². The lowest BCUT2D eigenvalue weighted by atomic mass is 9.98. The van der Waals surface area contributed by atoms with Crippen molar-refractivity contribution in [3.63, 3.8) is 0 Å². The third kappa shape index (κ3) is 1.93. The highest BCUT2D eigenvalue weighted by Gasteiger charge is 2.24. The number of aryl methyl sites for hydroxylation is 2. The van der Waals surface area contributed by atoms with E-state index in [1.807, 2.05) is 0 Å². The van der Waals surface area contributed by atoms with Crippen LogP contribution in [0.5, 0.6) is 0 Å². The van der Waals surface area contributed by atoms with Crippen molar-refractivity contribution in [1.29, 1.82) is 0 Å². The molecule has 2 aliphatic rings. The fourth-order valence-electron chi connectivity index (χ4n) is 2.67. The minimum absolute atomic E-state index is 0.281. The number of nitrogens with two attached hydrogens (primary N) is 1. The third-order valence-corrected chi connectivity index (χ3v) is 3.83. The van der Waals surface area contributed by atoms with Gasteiger partial charge in [-0.3, -0.25) is 0 Å². The van der Waals surface area contributed by atoms with E-state index in [1.165, 1.54) is 44.1 Å². The monoisotopic (exact) mass is 201 g/mol. The van der Waals surface area contributed by atoms with Crippen LogP contribution in [0.15, 0.2) is 18.2 Å². The van der Waals surface area contributed by atoms with E-state index < -0.39 is 0 Å². The van der Waals surface area contributed by atoms with Gasteiger partial charge in [-0.2, -0.15) is 0 Å². The van der Waals surface area contributed by atoms with E-state index in [2.05, 4.69) is 18.2 Å². The van der Waals surface area contributed by atoms with Crippen molar-refractivity contribution in [3.05, 3.63) is 34.9 Å². The van der Waals surface area contributed by atoms with Crippen LogP contribution in [-0.4, -0.2) is 0 Å². The van der Waals surface area contributed by atoms with Crippen molar-refractivity contribution in [2.24, 2.45) is 11.7 Å². The molecule has 0 spiro atoms. The Morgan fingerprint density at radius 3 is 2.80 bits per heavy atom. The SMILES string of the molecule is NC(CC1CC1)c1ccc2c(c1)CCC2. The summed E-state index contributed by atoms with van der Waals surface area (Å²) in [6.07, 6.45) is 7.86. The number of fused-ring (bicyclic) bond motifs is 1. The molecule has 0 aromatic heterocycles. The predicted molar refractivity (Wildman–Crippen MR) is 62.7 cm³/mol. The Kier molecular flexibility index (Phi) is 2.28. The first-order valence-electron chi connectivity index (χ1n) is 6.20. The Morgan fingerprint density at radius 1 is 1.20 bits per heavy atom. The maximum absolute atomic E-state index is 6.23. The number of hydrogen-bond donors (Lipinski definition) is 1. The van der Waals surface area contributed by atoms with Gasteiger partial charge in [0.25, 0.3) is 0 Å². The molecule has 2 aliphatic carbocycles. The summed E-state index contributed by atoms with van der Waals surface area (Å²) in [6, 6.07) is 7.18. The molecule has 1 aromatic rings. The lowest BCUT2D eigenvalue weighted by molar-refractivity contribution is 0.596. The average Bonchev–Trinajstić information content (AvgIpc) is 2.94. The Bertz CT molecular complexity index is 366. The van der Waals surface area contributed by atoms with E-state index in [9.17, 15) is 0 Å². The lowest BCUT2D eigenvalue weighted by Crippen LogP contribution is -2.11. The van der Waals surface area contributed by atoms with E-state index >= 15 is 0 Å². The summed E-state index contributed by atoms with van der Waals surface area (Å²) in [5.41, 5.74) is 10.7. The molecule has 2 N–H and O–H groups in total.